The molecule has 2 N–H and O–H groups in total. The van der Waals surface area contributed by atoms with Crippen LogP contribution in [0.1, 0.15) is 15.4 Å². The van der Waals surface area contributed by atoms with Crippen LogP contribution in [0.15, 0.2) is 6.07 Å². The van der Waals surface area contributed by atoms with E-state index in [-0.39, 0.29) is 0 Å². The molecule has 0 atom stereocenters. The van der Waals surface area contributed by atoms with E-state index in [2.05, 4.69) is 10.3 Å². The zero-order chi connectivity index (χ0) is 11.9. The molecule has 0 bridgehead atoms. The standard InChI is InChI=1S/C9H9ClN4OS/c1-4-7(14(2)13-12-4)5-3-6(9(11)15)16-8(5)10/h3H,1-2H3,(H2,11,15). The van der Waals surface area contributed by atoms with Gasteiger partial charge in [0.25, 0.3) is 5.91 Å². The monoisotopic (exact) mass is 256 g/mol. The SMILES string of the molecule is Cc1nnn(C)c1-c1cc(C(N)=O)sc1Cl. The lowest BCUT2D eigenvalue weighted by Gasteiger charge is -1.99. The van der Waals surface area contributed by atoms with Crippen molar-refractivity contribution in [1.82, 2.24) is 15.0 Å². The van der Waals surface area contributed by atoms with Gasteiger partial charge in [0.15, 0.2) is 0 Å². The average molecular weight is 257 g/mol. The summed E-state index contributed by atoms with van der Waals surface area (Å²) in [5.41, 5.74) is 7.50. The maximum Gasteiger partial charge on any atom is 0.258 e. The van der Waals surface area contributed by atoms with Gasteiger partial charge in [0, 0.05) is 12.6 Å². The van der Waals surface area contributed by atoms with Gasteiger partial charge in [-0.05, 0) is 13.0 Å². The first-order chi connectivity index (χ1) is 7.50. The Labute approximate surface area is 101 Å². The van der Waals surface area contributed by atoms with E-state index in [1.807, 2.05) is 6.92 Å². The molecule has 0 unspecified atom stereocenters. The Bertz CT molecular complexity index is 540. The molecule has 0 aliphatic rings. The number of hydrogen-bond acceptors (Lipinski definition) is 4. The second kappa shape index (κ2) is 3.88. The highest BCUT2D eigenvalue weighted by Gasteiger charge is 2.17. The van der Waals surface area contributed by atoms with Crippen LogP contribution in [0, 0.1) is 6.92 Å². The Hall–Kier alpha value is -1.40. The molecule has 84 valence electrons. The van der Waals surface area contributed by atoms with Gasteiger partial charge >= 0.3 is 0 Å². The second-order valence-corrected chi connectivity index (χ2v) is 4.96. The van der Waals surface area contributed by atoms with Crippen molar-refractivity contribution in [3.05, 3.63) is 21.0 Å². The Morgan fingerprint density at radius 3 is 2.75 bits per heavy atom. The number of hydrogen-bond donors (Lipinski definition) is 1. The molecule has 0 radical (unpaired) electrons. The van der Waals surface area contributed by atoms with Gasteiger partial charge in [0.05, 0.1) is 16.3 Å². The van der Waals surface area contributed by atoms with Gasteiger partial charge < -0.3 is 5.73 Å². The number of aromatic nitrogens is 3. The summed E-state index contributed by atoms with van der Waals surface area (Å²) in [6, 6.07) is 1.67. The van der Waals surface area contributed by atoms with Crippen molar-refractivity contribution in [1.29, 1.82) is 0 Å². The first kappa shape index (κ1) is 11.1. The van der Waals surface area contributed by atoms with Crippen LogP contribution < -0.4 is 5.73 Å². The fraction of sp³-hybridized carbons (Fsp3) is 0.222. The largest absolute Gasteiger partial charge is 0.365 e. The van der Waals surface area contributed by atoms with E-state index in [0.717, 1.165) is 28.3 Å². The molecule has 0 saturated carbocycles. The van der Waals surface area contributed by atoms with Gasteiger partial charge in [-0.1, -0.05) is 16.8 Å². The third-order valence-corrected chi connectivity index (χ3v) is 3.55. The van der Waals surface area contributed by atoms with Crippen molar-refractivity contribution in [2.45, 2.75) is 6.92 Å². The van der Waals surface area contributed by atoms with Crippen molar-refractivity contribution in [3.63, 3.8) is 0 Å². The normalized spacial score (nSPS) is 10.7. The highest BCUT2D eigenvalue weighted by atomic mass is 35.5. The van der Waals surface area contributed by atoms with Crippen LogP contribution in [-0.4, -0.2) is 20.9 Å². The number of carbonyl (C=O) groups excluding carboxylic acids is 1. The van der Waals surface area contributed by atoms with E-state index in [4.69, 9.17) is 17.3 Å². The number of halogens is 1. The number of nitrogens with zero attached hydrogens (tertiary/aromatic N) is 3. The molecule has 1 amide bonds. The summed E-state index contributed by atoms with van der Waals surface area (Å²) in [4.78, 5) is 11.5. The van der Waals surface area contributed by atoms with Crippen LogP contribution in [0.3, 0.4) is 0 Å². The lowest BCUT2D eigenvalue weighted by atomic mass is 10.2. The molecule has 7 heteroatoms. The molecule has 2 aromatic heterocycles. The van der Waals surface area contributed by atoms with E-state index in [0.29, 0.717) is 9.21 Å². The molecule has 2 aromatic rings. The lowest BCUT2D eigenvalue weighted by molar-refractivity contribution is 0.100. The summed E-state index contributed by atoms with van der Waals surface area (Å²) < 4.78 is 2.14. The number of rotatable bonds is 2. The highest BCUT2D eigenvalue weighted by molar-refractivity contribution is 7.18. The second-order valence-electron chi connectivity index (χ2n) is 3.31. The smallest absolute Gasteiger partial charge is 0.258 e. The number of nitrogens with two attached hydrogens (primary N) is 1. The van der Waals surface area contributed by atoms with Gasteiger partial charge in [0.1, 0.15) is 4.34 Å². The number of thiophene rings is 1. The number of aryl methyl sites for hydroxylation is 2. The van der Waals surface area contributed by atoms with Crippen LogP contribution in [0.5, 0.6) is 0 Å². The van der Waals surface area contributed by atoms with Crippen molar-refractivity contribution < 1.29 is 4.79 Å². The molecule has 0 aliphatic heterocycles. The van der Waals surface area contributed by atoms with E-state index in [1.54, 1.807) is 17.8 Å². The molecular formula is C9H9ClN4OS. The van der Waals surface area contributed by atoms with Crippen LogP contribution in [0.2, 0.25) is 4.34 Å². The maximum absolute atomic E-state index is 11.0. The maximum atomic E-state index is 11.0. The molecular weight excluding hydrogens is 248 g/mol. The molecule has 0 aliphatic carbocycles. The summed E-state index contributed by atoms with van der Waals surface area (Å²) in [6.07, 6.45) is 0. The molecule has 2 rings (SSSR count). The summed E-state index contributed by atoms with van der Waals surface area (Å²) in [5, 5.41) is 7.81. The number of carbonyl (C=O) groups is 1. The van der Waals surface area contributed by atoms with Gasteiger partial charge in [-0.25, -0.2) is 4.68 Å². The molecule has 0 saturated heterocycles. The topological polar surface area (TPSA) is 73.8 Å². The molecule has 0 aromatic carbocycles. The quantitative estimate of drug-likeness (QED) is 0.887. The number of primary amides is 1. The highest BCUT2D eigenvalue weighted by Crippen LogP contribution is 2.36. The van der Waals surface area contributed by atoms with E-state index >= 15 is 0 Å². The first-order valence-electron chi connectivity index (χ1n) is 4.46. The molecule has 0 fully saturated rings. The predicted octanol–water partition coefficient (Wildman–Crippen LogP) is 1.60. The van der Waals surface area contributed by atoms with Gasteiger partial charge in [0.2, 0.25) is 0 Å². The summed E-state index contributed by atoms with van der Waals surface area (Å²) in [6.45, 7) is 1.83. The van der Waals surface area contributed by atoms with Gasteiger partial charge in [-0.2, -0.15) is 0 Å². The Morgan fingerprint density at radius 2 is 2.31 bits per heavy atom. The minimum atomic E-state index is -0.481. The fourth-order valence-electron chi connectivity index (χ4n) is 1.48. The van der Waals surface area contributed by atoms with Crippen LogP contribution in [0.25, 0.3) is 11.3 Å². The van der Waals surface area contributed by atoms with E-state index < -0.39 is 5.91 Å². The summed E-state index contributed by atoms with van der Waals surface area (Å²) in [5.74, 6) is -0.481. The third kappa shape index (κ3) is 1.70. The molecule has 5 nitrogen and oxygen atoms in total. The predicted molar refractivity (Wildman–Crippen MR) is 62.6 cm³/mol. The Kier molecular flexibility index (Phi) is 2.69. The first-order valence-corrected chi connectivity index (χ1v) is 5.66. The van der Waals surface area contributed by atoms with Gasteiger partial charge in [-0.15, -0.1) is 16.4 Å². The van der Waals surface area contributed by atoms with Gasteiger partial charge in [-0.3, -0.25) is 4.79 Å². The van der Waals surface area contributed by atoms with E-state index in [1.165, 1.54) is 0 Å². The van der Waals surface area contributed by atoms with Crippen molar-refractivity contribution in [2.75, 3.05) is 0 Å². The van der Waals surface area contributed by atoms with Crippen LogP contribution in [-0.2, 0) is 7.05 Å². The average Bonchev–Trinajstić information content (AvgIpc) is 2.71. The number of amides is 1. The summed E-state index contributed by atoms with van der Waals surface area (Å²) in [7, 11) is 1.77. The zero-order valence-corrected chi connectivity index (χ0v) is 10.3. The summed E-state index contributed by atoms with van der Waals surface area (Å²) >= 11 is 7.23. The molecule has 2 heterocycles. The third-order valence-electron chi connectivity index (χ3n) is 2.18. The Morgan fingerprint density at radius 1 is 1.62 bits per heavy atom. The van der Waals surface area contributed by atoms with Crippen molar-refractivity contribution in [2.24, 2.45) is 12.8 Å². The molecule has 16 heavy (non-hydrogen) atoms. The van der Waals surface area contributed by atoms with Crippen LogP contribution >= 0.6 is 22.9 Å². The Balaban J connectivity index is 2.61. The minimum Gasteiger partial charge on any atom is -0.365 e. The van der Waals surface area contributed by atoms with Crippen LogP contribution in [0.4, 0.5) is 0 Å². The lowest BCUT2D eigenvalue weighted by Crippen LogP contribution is -2.08. The van der Waals surface area contributed by atoms with Crippen molar-refractivity contribution in [3.8, 4) is 11.3 Å². The minimum absolute atomic E-state index is 0.431. The molecule has 0 spiro atoms. The zero-order valence-electron chi connectivity index (χ0n) is 8.69. The van der Waals surface area contributed by atoms with E-state index in [9.17, 15) is 4.79 Å². The fourth-order valence-corrected chi connectivity index (χ4v) is 2.61. The van der Waals surface area contributed by atoms with Crippen molar-refractivity contribution >= 4 is 28.8 Å².